The second kappa shape index (κ2) is 5.67. The predicted octanol–water partition coefficient (Wildman–Crippen LogP) is 3.78. The van der Waals surface area contributed by atoms with Crippen LogP contribution in [0.3, 0.4) is 0 Å². The molecule has 0 bridgehead atoms. The minimum atomic E-state index is -0.620. The van der Waals surface area contributed by atoms with Gasteiger partial charge in [0.25, 0.3) is 0 Å². The molecule has 0 aliphatic carbocycles. The van der Waals surface area contributed by atoms with Crippen LogP contribution in [0, 0.1) is 11.6 Å². The summed E-state index contributed by atoms with van der Waals surface area (Å²) in [6.45, 7) is 0. The molecule has 2 N–H and O–H groups in total. The maximum atomic E-state index is 13.6. The molecule has 19 heavy (non-hydrogen) atoms. The van der Waals surface area contributed by atoms with E-state index in [9.17, 15) is 8.78 Å². The summed E-state index contributed by atoms with van der Waals surface area (Å²) in [4.78, 5) is 0. The van der Waals surface area contributed by atoms with Gasteiger partial charge in [0.15, 0.2) is 11.6 Å². The third-order valence-electron chi connectivity index (χ3n) is 2.85. The second-order valence-corrected chi connectivity index (χ2v) is 4.81. The molecule has 2 aromatic carbocycles. The Morgan fingerprint density at radius 1 is 1.16 bits per heavy atom. The van der Waals surface area contributed by atoms with Crippen molar-refractivity contribution >= 4 is 15.9 Å². The van der Waals surface area contributed by atoms with Crippen LogP contribution >= 0.6 is 15.9 Å². The molecule has 0 spiro atoms. The number of halogens is 3. The summed E-state index contributed by atoms with van der Waals surface area (Å²) in [5.74, 6) is -0.751. The summed E-state index contributed by atoms with van der Waals surface area (Å²) in [6, 6.07) is 8.41. The van der Waals surface area contributed by atoms with E-state index in [-0.39, 0.29) is 5.75 Å². The van der Waals surface area contributed by atoms with E-state index < -0.39 is 17.7 Å². The van der Waals surface area contributed by atoms with Gasteiger partial charge in [0.2, 0.25) is 0 Å². The number of nitrogens with two attached hydrogens (primary N) is 1. The number of methoxy groups -OCH3 is 1. The van der Waals surface area contributed by atoms with Gasteiger partial charge in [-0.3, -0.25) is 0 Å². The van der Waals surface area contributed by atoms with E-state index in [0.29, 0.717) is 15.6 Å². The third-order valence-corrected chi connectivity index (χ3v) is 3.69. The molecule has 100 valence electrons. The van der Waals surface area contributed by atoms with Gasteiger partial charge in [0.05, 0.1) is 17.6 Å². The summed E-state index contributed by atoms with van der Waals surface area (Å²) in [6.07, 6.45) is 0. The third kappa shape index (κ3) is 2.77. The summed E-state index contributed by atoms with van der Waals surface area (Å²) >= 11 is 3.15. The summed E-state index contributed by atoms with van der Waals surface area (Å²) in [5, 5.41) is 0. The van der Waals surface area contributed by atoms with Crippen molar-refractivity contribution in [2.45, 2.75) is 6.04 Å². The molecular weight excluding hydrogens is 316 g/mol. The molecule has 0 radical (unpaired) electrons. The van der Waals surface area contributed by atoms with Crippen molar-refractivity contribution < 1.29 is 13.5 Å². The molecule has 5 heteroatoms. The molecular formula is C14H12BrF2NO. The lowest BCUT2D eigenvalue weighted by Crippen LogP contribution is -2.13. The first-order valence-corrected chi connectivity index (χ1v) is 6.37. The highest BCUT2D eigenvalue weighted by Crippen LogP contribution is 2.30. The fourth-order valence-electron chi connectivity index (χ4n) is 1.82. The number of rotatable bonds is 3. The second-order valence-electron chi connectivity index (χ2n) is 4.01. The molecule has 1 atom stereocenters. The number of benzene rings is 2. The Balaban J connectivity index is 2.41. The Labute approximate surface area is 118 Å². The van der Waals surface area contributed by atoms with E-state index in [2.05, 4.69) is 15.9 Å². The highest BCUT2D eigenvalue weighted by Gasteiger charge is 2.16. The molecule has 2 nitrogen and oxygen atoms in total. The van der Waals surface area contributed by atoms with Crippen molar-refractivity contribution in [2.24, 2.45) is 5.73 Å². The Morgan fingerprint density at radius 2 is 1.89 bits per heavy atom. The average Bonchev–Trinajstić information content (AvgIpc) is 2.41. The molecule has 0 saturated carbocycles. The van der Waals surface area contributed by atoms with Gasteiger partial charge in [-0.1, -0.05) is 18.2 Å². The fourth-order valence-corrected chi connectivity index (χ4v) is 2.33. The zero-order valence-electron chi connectivity index (χ0n) is 10.2. The predicted molar refractivity (Wildman–Crippen MR) is 73.1 cm³/mol. The van der Waals surface area contributed by atoms with Crippen LogP contribution in [-0.2, 0) is 0 Å². The number of hydrogen-bond donors (Lipinski definition) is 1. The van der Waals surface area contributed by atoms with Gasteiger partial charge in [-0.25, -0.2) is 8.78 Å². The van der Waals surface area contributed by atoms with Gasteiger partial charge >= 0.3 is 0 Å². The van der Waals surface area contributed by atoms with Gasteiger partial charge in [0.1, 0.15) is 5.82 Å². The lowest BCUT2D eigenvalue weighted by Gasteiger charge is -2.15. The van der Waals surface area contributed by atoms with E-state index >= 15 is 0 Å². The minimum absolute atomic E-state index is 0.147. The van der Waals surface area contributed by atoms with E-state index in [1.807, 2.05) is 0 Å². The molecule has 0 aliphatic heterocycles. The first-order valence-electron chi connectivity index (χ1n) is 5.57. The standard InChI is InChI=1S/C14H12BrF2NO/c1-19-12-6-5-8(7-11(12)17)14(18)9-3-2-4-10(16)13(9)15/h2-7,14H,18H2,1H3. The van der Waals surface area contributed by atoms with E-state index in [4.69, 9.17) is 10.5 Å². The highest BCUT2D eigenvalue weighted by atomic mass is 79.9. The van der Waals surface area contributed by atoms with Crippen LogP contribution in [0.25, 0.3) is 0 Å². The largest absolute Gasteiger partial charge is 0.494 e. The molecule has 2 aromatic rings. The van der Waals surface area contributed by atoms with Gasteiger partial charge < -0.3 is 10.5 Å². The van der Waals surface area contributed by atoms with E-state index in [1.165, 1.54) is 25.3 Å². The fraction of sp³-hybridized carbons (Fsp3) is 0.143. The van der Waals surface area contributed by atoms with Crippen LogP contribution in [0.2, 0.25) is 0 Å². The first-order chi connectivity index (χ1) is 9.04. The topological polar surface area (TPSA) is 35.2 Å². The van der Waals surface area contributed by atoms with Gasteiger partial charge in [-0.05, 0) is 45.3 Å². The summed E-state index contributed by atoms with van der Waals surface area (Å²) in [7, 11) is 1.39. The molecule has 0 aliphatic rings. The van der Waals surface area contributed by atoms with Gasteiger partial charge in [-0.15, -0.1) is 0 Å². The monoisotopic (exact) mass is 327 g/mol. The van der Waals surface area contributed by atoms with Crippen LogP contribution in [0.5, 0.6) is 5.75 Å². The van der Waals surface area contributed by atoms with E-state index in [0.717, 1.165) is 0 Å². The lowest BCUT2D eigenvalue weighted by molar-refractivity contribution is 0.386. The summed E-state index contributed by atoms with van der Waals surface area (Å²) < 4.78 is 32.2. The molecule has 0 saturated heterocycles. The summed E-state index contributed by atoms with van der Waals surface area (Å²) in [5.41, 5.74) is 7.15. The average molecular weight is 328 g/mol. The quantitative estimate of drug-likeness (QED) is 0.931. The minimum Gasteiger partial charge on any atom is -0.494 e. The van der Waals surface area contributed by atoms with Crippen molar-refractivity contribution in [1.29, 1.82) is 0 Å². The van der Waals surface area contributed by atoms with Crippen molar-refractivity contribution in [3.05, 3.63) is 63.6 Å². The Kier molecular flexibility index (Phi) is 4.17. The molecule has 0 aromatic heterocycles. The number of ether oxygens (including phenoxy) is 1. The Hall–Kier alpha value is -1.46. The van der Waals surface area contributed by atoms with Crippen LogP contribution < -0.4 is 10.5 Å². The SMILES string of the molecule is COc1ccc(C(N)c2cccc(F)c2Br)cc1F. The van der Waals surface area contributed by atoms with E-state index in [1.54, 1.807) is 18.2 Å². The van der Waals surface area contributed by atoms with Crippen molar-refractivity contribution in [3.63, 3.8) is 0 Å². The van der Waals surface area contributed by atoms with Crippen LogP contribution in [0.1, 0.15) is 17.2 Å². The molecule has 0 fully saturated rings. The normalized spacial score (nSPS) is 12.3. The number of hydrogen-bond acceptors (Lipinski definition) is 2. The lowest BCUT2D eigenvalue weighted by atomic mass is 9.99. The molecule has 0 amide bonds. The maximum Gasteiger partial charge on any atom is 0.165 e. The van der Waals surface area contributed by atoms with Gasteiger partial charge in [-0.2, -0.15) is 0 Å². The molecule has 0 heterocycles. The van der Waals surface area contributed by atoms with Crippen LogP contribution in [-0.4, -0.2) is 7.11 Å². The molecule has 1 unspecified atom stereocenters. The zero-order chi connectivity index (χ0) is 14.0. The highest BCUT2D eigenvalue weighted by molar-refractivity contribution is 9.10. The van der Waals surface area contributed by atoms with Crippen molar-refractivity contribution in [2.75, 3.05) is 7.11 Å². The maximum absolute atomic E-state index is 13.6. The smallest absolute Gasteiger partial charge is 0.165 e. The molecule has 2 rings (SSSR count). The zero-order valence-corrected chi connectivity index (χ0v) is 11.7. The van der Waals surface area contributed by atoms with Crippen LogP contribution in [0.4, 0.5) is 8.78 Å². The van der Waals surface area contributed by atoms with Crippen molar-refractivity contribution in [3.8, 4) is 5.75 Å². The first kappa shape index (κ1) is 14.0. The Bertz CT molecular complexity index is 604. The van der Waals surface area contributed by atoms with Gasteiger partial charge in [0, 0.05) is 0 Å². The van der Waals surface area contributed by atoms with Crippen molar-refractivity contribution in [1.82, 2.24) is 0 Å². The van der Waals surface area contributed by atoms with Crippen LogP contribution in [0.15, 0.2) is 40.9 Å². The Morgan fingerprint density at radius 3 is 2.53 bits per heavy atom.